The summed E-state index contributed by atoms with van der Waals surface area (Å²) in [5.41, 5.74) is 1.89. The average Bonchev–Trinajstić information content (AvgIpc) is 2.76. The van der Waals surface area contributed by atoms with E-state index in [4.69, 9.17) is 9.47 Å². The van der Waals surface area contributed by atoms with Gasteiger partial charge in [-0.25, -0.2) is 8.78 Å². The molecule has 5 nitrogen and oxygen atoms in total. The number of ether oxygens (including phenoxy) is 2. The molecule has 0 heterocycles. The smallest absolute Gasteiger partial charge is 0.240 e. The molecule has 30 heavy (non-hydrogen) atoms. The number of carbonyl (C=O) groups excluding carboxylic acids is 1. The van der Waals surface area contributed by atoms with Crippen LogP contribution in [0.3, 0.4) is 0 Å². The Morgan fingerprint density at radius 2 is 1.30 bits per heavy atom. The van der Waals surface area contributed by atoms with Gasteiger partial charge in [0.05, 0.1) is 26.8 Å². The summed E-state index contributed by atoms with van der Waals surface area (Å²) in [5, 5.41) is 5.69. The Morgan fingerprint density at radius 3 is 1.73 bits per heavy atom. The number of methoxy groups -OCH3 is 2. The highest BCUT2D eigenvalue weighted by Crippen LogP contribution is 2.26. The molecule has 0 atom stereocenters. The van der Waals surface area contributed by atoms with Gasteiger partial charge >= 0.3 is 0 Å². The number of halogens is 2. The van der Waals surface area contributed by atoms with E-state index in [1.54, 1.807) is 14.2 Å². The van der Waals surface area contributed by atoms with Gasteiger partial charge in [0.15, 0.2) is 0 Å². The van der Waals surface area contributed by atoms with Crippen molar-refractivity contribution in [2.24, 2.45) is 0 Å². The van der Waals surface area contributed by atoms with Gasteiger partial charge in [0, 0.05) is 11.8 Å². The normalized spacial score (nSPS) is 10.6. The first kappa shape index (κ1) is 21.1. The Hall–Kier alpha value is -3.61. The highest BCUT2D eigenvalue weighted by Gasteiger charge is 2.17. The molecule has 0 aliphatic carbocycles. The Balaban J connectivity index is 1.77. The van der Waals surface area contributed by atoms with Gasteiger partial charge < -0.3 is 20.1 Å². The zero-order valence-electron chi connectivity index (χ0n) is 16.6. The second-order valence-electron chi connectivity index (χ2n) is 6.56. The van der Waals surface area contributed by atoms with Crippen LogP contribution in [-0.4, -0.2) is 26.7 Å². The predicted octanol–water partition coefficient (Wildman–Crippen LogP) is 4.30. The molecule has 0 radical (unpaired) electrons. The second kappa shape index (κ2) is 9.73. The quantitative estimate of drug-likeness (QED) is 0.579. The number of carbonyl (C=O) groups is 1. The summed E-state index contributed by atoms with van der Waals surface area (Å²) < 4.78 is 37.1. The Kier molecular flexibility index (Phi) is 6.85. The molecule has 7 heteroatoms. The van der Waals surface area contributed by atoms with Crippen LogP contribution in [-0.2, 0) is 4.79 Å². The highest BCUT2D eigenvalue weighted by atomic mass is 19.1. The van der Waals surface area contributed by atoms with E-state index in [1.807, 2.05) is 48.5 Å². The lowest BCUT2D eigenvalue weighted by molar-refractivity contribution is -0.119. The van der Waals surface area contributed by atoms with E-state index in [0.29, 0.717) is 11.5 Å². The van der Waals surface area contributed by atoms with Crippen LogP contribution in [0, 0.1) is 11.6 Å². The van der Waals surface area contributed by atoms with Gasteiger partial charge in [0.2, 0.25) is 5.91 Å². The molecule has 1 amide bonds. The van der Waals surface area contributed by atoms with Crippen LogP contribution in [0.5, 0.6) is 11.5 Å². The summed E-state index contributed by atoms with van der Waals surface area (Å²) in [6.07, 6.45) is 0. The monoisotopic (exact) mass is 412 g/mol. The van der Waals surface area contributed by atoms with Crippen molar-refractivity contribution in [2.75, 3.05) is 26.1 Å². The van der Waals surface area contributed by atoms with Gasteiger partial charge in [-0.05, 0) is 47.5 Å². The number of rotatable bonds is 8. The first-order valence-corrected chi connectivity index (χ1v) is 9.25. The van der Waals surface area contributed by atoms with Crippen molar-refractivity contribution in [3.63, 3.8) is 0 Å². The Morgan fingerprint density at radius 1 is 0.833 bits per heavy atom. The molecule has 0 fully saturated rings. The molecule has 0 aliphatic heterocycles. The van der Waals surface area contributed by atoms with Gasteiger partial charge in [-0.15, -0.1) is 0 Å². The topological polar surface area (TPSA) is 59.6 Å². The third kappa shape index (κ3) is 5.47. The van der Waals surface area contributed by atoms with Gasteiger partial charge in [-0.3, -0.25) is 4.79 Å². The largest absolute Gasteiger partial charge is 0.497 e. The van der Waals surface area contributed by atoms with E-state index >= 15 is 0 Å². The van der Waals surface area contributed by atoms with Crippen molar-refractivity contribution < 1.29 is 23.0 Å². The zero-order chi connectivity index (χ0) is 21.5. The van der Waals surface area contributed by atoms with Crippen LogP contribution in [0.4, 0.5) is 14.5 Å². The predicted molar refractivity (Wildman–Crippen MR) is 111 cm³/mol. The molecule has 0 saturated carbocycles. The van der Waals surface area contributed by atoms with Crippen LogP contribution < -0.4 is 20.1 Å². The van der Waals surface area contributed by atoms with Crippen molar-refractivity contribution in [1.29, 1.82) is 0 Å². The third-order valence-electron chi connectivity index (χ3n) is 4.52. The molecule has 0 bridgehead atoms. The summed E-state index contributed by atoms with van der Waals surface area (Å²) in [6, 6.07) is 17.3. The number of hydrogen-bond donors (Lipinski definition) is 2. The van der Waals surface area contributed by atoms with Gasteiger partial charge in [-0.1, -0.05) is 24.3 Å². The van der Waals surface area contributed by atoms with Crippen molar-refractivity contribution in [3.8, 4) is 11.5 Å². The molecular formula is C23H22F2N2O3. The van der Waals surface area contributed by atoms with Crippen molar-refractivity contribution in [2.45, 2.75) is 6.04 Å². The number of hydrogen-bond acceptors (Lipinski definition) is 4. The maximum atomic E-state index is 13.3. The third-order valence-corrected chi connectivity index (χ3v) is 4.52. The van der Waals surface area contributed by atoms with Crippen LogP contribution in [0.25, 0.3) is 0 Å². The fraction of sp³-hybridized carbons (Fsp3) is 0.174. The molecule has 3 aromatic rings. The number of anilines is 1. The van der Waals surface area contributed by atoms with Crippen molar-refractivity contribution >= 4 is 11.6 Å². The molecule has 0 aliphatic rings. The number of benzene rings is 3. The summed E-state index contributed by atoms with van der Waals surface area (Å²) in [4.78, 5) is 12.6. The maximum absolute atomic E-state index is 13.3. The zero-order valence-corrected chi connectivity index (χ0v) is 16.6. The lowest BCUT2D eigenvalue weighted by Gasteiger charge is -2.21. The SMILES string of the molecule is COc1ccc(C(NC(=O)CNc2cc(F)cc(F)c2)c2ccc(OC)cc2)cc1. The molecule has 0 unspecified atom stereocenters. The Labute approximate surface area is 173 Å². The van der Waals surface area contributed by atoms with Crippen molar-refractivity contribution in [3.05, 3.63) is 89.5 Å². The lowest BCUT2D eigenvalue weighted by atomic mass is 9.98. The van der Waals surface area contributed by atoms with Crippen LogP contribution in [0.2, 0.25) is 0 Å². The molecule has 3 aromatic carbocycles. The molecule has 2 N–H and O–H groups in total. The van der Waals surface area contributed by atoms with Gasteiger partial charge in [-0.2, -0.15) is 0 Å². The minimum atomic E-state index is -0.716. The van der Waals surface area contributed by atoms with E-state index < -0.39 is 17.7 Å². The minimum Gasteiger partial charge on any atom is -0.497 e. The summed E-state index contributed by atoms with van der Waals surface area (Å²) in [6.45, 7) is -0.147. The first-order valence-electron chi connectivity index (χ1n) is 9.25. The molecule has 0 saturated heterocycles. The molecule has 156 valence electrons. The fourth-order valence-corrected chi connectivity index (χ4v) is 3.00. The number of nitrogens with one attached hydrogen (secondary N) is 2. The first-order chi connectivity index (χ1) is 14.5. The van der Waals surface area contributed by atoms with Crippen LogP contribution >= 0.6 is 0 Å². The Bertz CT molecular complexity index is 925. The van der Waals surface area contributed by atoms with E-state index in [1.165, 1.54) is 0 Å². The second-order valence-corrected chi connectivity index (χ2v) is 6.56. The highest BCUT2D eigenvalue weighted by molar-refractivity contribution is 5.81. The van der Waals surface area contributed by atoms with E-state index in [9.17, 15) is 13.6 Å². The van der Waals surface area contributed by atoms with Crippen molar-refractivity contribution in [1.82, 2.24) is 5.32 Å². The molecule has 0 aromatic heterocycles. The molecule has 3 rings (SSSR count). The summed E-state index contributed by atoms with van der Waals surface area (Å²) >= 11 is 0. The van der Waals surface area contributed by atoms with E-state index in [-0.39, 0.29) is 18.1 Å². The molecular weight excluding hydrogens is 390 g/mol. The van der Waals surface area contributed by atoms with Crippen LogP contribution in [0.15, 0.2) is 66.7 Å². The van der Waals surface area contributed by atoms with E-state index in [2.05, 4.69) is 10.6 Å². The summed E-state index contributed by atoms with van der Waals surface area (Å²) in [5.74, 6) is -0.363. The minimum absolute atomic E-state index is 0.147. The molecule has 0 spiro atoms. The average molecular weight is 412 g/mol. The van der Waals surface area contributed by atoms with Crippen LogP contribution in [0.1, 0.15) is 17.2 Å². The standard InChI is InChI=1S/C23H22F2N2O3/c1-29-20-7-3-15(4-8-20)23(16-5-9-21(30-2)10-6-16)27-22(28)14-26-19-12-17(24)11-18(25)13-19/h3-13,23,26H,14H2,1-2H3,(H,27,28). The fourth-order valence-electron chi connectivity index (χ4n) is 3.00. The summed E-state index contributed by atoms with van der Waals surface area (Å²) in [7, 11) is 3.16. The van der Waals surface area contributed by atoms with E-state index in [0.717, 1.165) is 29.3 Å². The van der Waals surface area contributed by atoms with Gasteiger partial charge in [0.25, 0.3) is 0 Å². The maximum Gasteiger partial charge on any atom is 0.240 e. The lowest BCUT2D eigenvalue weighted by Crippen LogP contribution is -2.34. The van der Waals surface area contributed by atoms with Gasteiger partial charge in [0.1, 0.15) is 23.1 Å². The number of amides is 1.